The molecule has 1 aromatic heterocycles. The first kappa shape index (κ1) is 13.0. The number of aromatic nitrogens is 3. The monoisotopic (exact) mass is 231 g/mol. The fraction of sp³-hybridized carbons (Fsp3) is 0.231. The largest absolute Gasteiger partial charge is 0.516 e. The van der Waals surface area contributed by atoms with E-state index in [1.165, 1.54) is 0 Å². The van der Waals surface area contributed by atoms with Crippen molar-refractivity contribution in [1.29, 1.82) is 0 Å². The first-order valence-electron chi connectivity index (χ1n) is 5.60. The molecule has 2 N–H and O–H groups in total. The van der Waals surface area contributed by atoms with Gasteiger partial charge in [0.2, 0.25) is 0 Å². The summed E-state index contributed by atoms with van der Waals surface area (Å²) < 4.78 is 0. The van der Waals surface area contributed by atoms with E-state index in [0.29, 0.717) is 5.82 Å². The Labute approximate surface area is 101 Å². The Hall–Kier alpha value is -2.10. The number of nitrogens with one attached hydrogen (secondary N) is 1. The molecular formula is C13H17N3O. The predicted octanol–water partition coefficient (Wildman–Crippen LogP) is 3.34. The molecule has 0 aliphatic heterocycles. The predicted molar refractivity (Wildman–Crippen MR) is 69.6 cm³/mol. The highest BCUT2D eigenvalue weighted by atomic mass is 16.2. The Balaban J connectivity index is 0.000000686. The third kappa shape index (κ3) is 3.17. The van der Waals surface area contributed by atoms with Gasteiger partial charge in [0.15, 0.2) is 5.82 Å². The molecule has 0 bridgehead atoms. The normalized spacial score (nSPS) is 10.1. The summed E-state index contributed by atoms with van der Waals surface area (Å²) in [6.07, 6.45) is 2.62. The lowest BCUT2D eigenvalue weighted by Gasteiger charge is -1.99. The maximum absolute atomic E-state index is 8.77. The van der Waals surface area contributed by atoms with Crippen LogP contribution < -0.4 is 0 Å². The number of aryl methyl sites for hydroxylation is 1. The Morgan fingerprint density at radius 1 is 1.24 bits per heavy atom. The zero-order chi connectivity index (χ0) is 12.7. The second kappa shape index (κ2) is 6.48. The van der Waals surface area contributed by atoms with Crippen molar-refractivity contribution in [2.75, 3.05) is 0 Å². The van der Waals surface area contributed by atoms with Gasteiger partial charge in [0.05, 0.1) is 6.26 Å². The molecule has 0 radical (unpaired) electrons. The van der Waals surface area contributed by atoms with E-state index in [-0.39, 0.29) is 0 Å². The zero-order valence-corrected chi connectivity index (χ0v) is 10.3. The lowest BCUT2D eigenvalue weighted by atomic mass is 10.1. The number of aliphatic hydroxyl groups is 1. The fourth-order valence-electron chi connectivity index (χ4n) is 1.39. The molecule has 0 aliphatic rings. The molecule has 0 atom stereocenters. The number of benzene rings is 1. The molecule has 1 heterocycles. The van der Waals surface area contributed by atoms with Crippen LogP contribution in [0.2, 0.25) is 0 Å². The van der Waals surface area contributed by atoms with E-state index in [2.05, 4.69) is 15.2 Å². The summed E-state index contributed by atoms with van der Waals surface area (Å²) in [6, 6.07) is 7.62. The highest BCUT2D eigenvalue weighted by Gasteiger charge is 2.06. The van der Waals surface area contributed by atoms with Crippen molar-refractivity contribution in [3.8, 4) is 11.4 Å². The molecule has 2 aromatic rings. The summed E-state index contributed by atoms with van der Waals surface area (Å²) in [5, 5.41) is 15.6. The molecule has 2 rings (SSSR count). The maximum atomic E-state index is 8.77. The van der Waals surface area contributed by atoms with Crippen molar-refractivity contribution < 1.29 is 5.11 Å². The van der Waals surface area contributed by atoms with Crippen LogP contribution in [0.4, 0.5) is 0 Å². The topological polar surface area (TPSA) is 61.8 Å². The minimum Gasteiger partial charge on any atom is -0.516 e. The number of aliphatic hydroxyl groups excluding tert-OH is 1. The molecule has 0 unspecified atom stereocenters. The van der Waals surface area contributed by atoms with Crippen LogP contribution in [-0.4, -0.2) is 20.3 Å². The highest BCUT2D eigenvalue weighted by Crippen LogP contribution is 2.20. The Morgan fingerprint density at radius 3 is 2.53 bits per heavy atom. The highest BCUT2D eigenvalue weighted by molar-refractivity contribution is 5.70. The van der Waals surface area contributed by atoms with E-state index >= 15 is 0 Å². The standard InChI is InChI=1S/C11H11N3O.C2H6/c1-8-12-11(14-13-8)10-5-3-2-4-9(10)6-7-15;1-2/h2-7,15H,1H3,(H,12,13,14);1-2H3/b7-6-;. The average Bonchev–Trinajstić information content (AvgIpc) is 2.79. The maximum Gasteiger partial charge on any atom is 0.181 e. The summed E-state index contributed by atoms with van der Waals surface area (Å²) >= 11 is 0. The molecule has 0 fully saturated rings. The zero-order valence-electron chi connectivity index (χ0n) is 10.3. The van der Waals surface area contributed by atoms with Gasteiger partial charge in [-0.3, -0.25) is 5.10 Å². The fourth-order valence-corrected chi connectivity index (χ4v) is 1.39. The van der Waals surface area contributed by atoms with E-state index in [1.807, 2.05) is 45.0 Å². The molecule has 0 saturated carbocycles. The second-order valence-electron chi connectivity index (χ2n) is 3.15. The summed E-state index contributed by atoms with van der Waals surface area (Å²) in [7, 11) is 0. The van der Waals surface area contributed by atoms with Crippen LogP contribution in [0.15, 0.2) is 30.5 Å². The summed E-state index contributed by atoms with van der Waals surface area (Å²) in [5.41, 5.74) is 1.78. The van der Waals surface area contributed by atoms with Crippen molar-refractivity contribution in [1.82, 2.24) is 15.2 Å². The van der Waals surface area contributed by atoms with Gasteiger partial charge in [-0.25, -0.2) is 4.98 Å². The first-order chi connectivity index (χ1) is 8.31. The quantitative estimate of drug-likeness (QED) is 0.779. The molecule has 4 nitrogen and oxygen atoms in total. The minimum atomic E-state index is 0.640. The molecule has 0 saturated heterocycles. The summed E-state index contributed by atoms with van der Waals surface area (Å²) in [6.45, 7) is 5.85. The van der Waals surface area contributed by atoms with Gasteiger partial charge in [0, 0.05) is 5.56 Å². The van der Waals surface area contributed by atoms with Crippen molar-refractivity contribution in [2.45, 2.75) is 20.8 Å². The van der Waals surface area contributed by atoms with Crippen LogP contribution in [0.5, 0.6) is 0 Å². The molecule has 90 valence electrons. The third-order valence-electron chi connectivity index (χ3n) is 2.05. The molecule has 0 spiro atoms. The second-order valence-corrected chi connectivity index (χ2v) is 3.15. The van der Waals surface area contributed by atoms with Gasteiger partial charge in [-0.05, 0) is 18.6 Å². The first-order valence-corrected chi connectivity index (χ1v) is 5.60. The number of nitrogens with zero attached hydrogens (tertiary/aromatic N) is 2. The van der Waals surface area contributed by atoms with E-state index in [1.54, 1.807) is 6.08 Å². The molecule has 0 amide bonds. The Bertz CT molecular complexity index is 489. The van der Waals surface area contributed by atoms with E-state index < -0.39 is 0 Å². The number of hydrogen-bond acceptors (Lipinski definition) is 3. The molecular weight excluding hydrogens is 214 g/mol. The molecule has 0 aliphatic carbocycles. The number of H-pyrrole nitrogens is 1. The van der Waals surface area contributed by atoms with Crippen molar-refractivity contribution >= 4 is 6.08 Å². The van der Waals surface area contributed by atoms with Crippen LogP contribution in [-0.2, 0) is 0 Å². The van der Waals surface area contributed by atoms with E-state index in [4.69, 9.17) is 5.11 Å². The molecule has 17 heavy (non-hydrogen) atoms. The smallest absolute Gasteiger partial charge is 0.181 e. The van der Waals surface area contributed by atoms with Crippen LogP contribution in [0.1, 0.15) is 25.2 Å². The van der Waals surface area contributed by atoms with Crippen LogP contribution in [0, 0.1) is 6.92 Å². The van der Waals surface area contributed by atoms with Gasteiger partial charge in [-0.15, -0.1) is 0 Å². The van der Waals surface area contributed by atoms with Crippen molar-refractivity contribution in [3.05, 3.63) is 41.9 Å². The lowest BCUT2D eigenvalue weighted by Crippen LogP contribution is -1.85. The molecule has 4 heteroatoms. The number of rotatable bonds is 2. The molecule has 1 aromatic carbocycles. The van der Waals surface area contributed by atoms with Gasteiger partial charge in [0.1, 0.15) is 5.82 Å². The van der Waals surface area contributed by atoms with E-state index in [9.17, 15) is 0 Å². The Kier molecular flexibility index (Phi) is 4.94. The minimum absolute atomic E-state index is 0.640. The van der Waals surface area contributed by atoms with Crippen molar-refractivity contribution in [3.63, 3.8) is 0 Å². The summed E-state index contributed by atoms with van der Waals surface area (Å²) in [5.74, 6) is 1.41. The number of hydrogen-bond donors (Lipinski definition) is 2. The van der Waals surface area contributed by atoms with Gasteiger partial charge >= 0.3 is 0 Å². The van der Waals surface area contributed by atoms with Gasteiger partial charge in [-0.1, -0.05) is 38.1 Å². The Morgan fingerprint density at radius 2 is 1.94 bits per heavy atom. The number of aromatic amines is 1. The average molecular weight is 231 g/mol. The van der Waals surface area contributed by atoms with Crippen LogP contribution >= 0.6 is 0 Å². The van der Waals surface area contributed by atoms with Crippen LogP contribution in [0.25, 0.3) is 17.5 Å². The lowest BCUT2D eigenvalue weighted by molar-refractivity contribution is 0.478. The van der Waals surface area contributed by atoms with Gasteiger partial charge in [-0.2, -0.15) is 5.10 Å². The van der Waals surface area contributed by atoms with E-state index in [0.717, 1.165) is 23.2 Å². The van der Waals surface area contributed by atoms with Gasteiger partial charge < -0.3 is 5.11 Å². The van der Waals surface area contributed by atoms with Crippen molar-refractivity contribution in [2.24, 2.45) is 0 Å². The third-order valence-corrected chi connectivity index (χ3v) is 2.05. The SMILES string of the molecule is CC.Cc1nc(-c2ccccc2/C=C\O)n[nH]1. The summed E-state index contributed by atoms with van der Waals surface area (Å²) in [4.78, 5) is 4.24. The van der Waals surface area contributed by atoms with Crippen LogP contribution in [0.3, 0.4) is 0 Å². The van der Waals surface area contributed by atoms with Gasteiger partial charge in [0.25, 0.3) is 0 Å².